The second-order valence-electron chi connectivity index (χ2n) is 10.6. The van der Waals surface area contributed by atoms with Crippen molar-refractivity contribution in [3.63, 3.8) is 0 Å². The van der Waals surface area contributed by atoms with Gasteiger partial charge in [0.15, 0.2) is 0 Å². The van der Waals surface area contributed by atoms with Crippen LogP contribution in [0.15, 0.2) is 42.6 Å². The summed E-state index contributed by atoms with van der Waals surface area (Å²) in [5.41, 5.74) is -2.01. The van der Waals surface area contributed by atoms with Crippen LogP contribution < -0.4 is 25.4 Å². The monoisotopic (exact) mass is 618 g/mol. The zero-order valence-electron chi connectivity index (χ0n) is 24.0. The zero-order valence-corrected chi connectivity index (χ0v) is 24.0. The van der Waals surface area contributed by atoms with Gasteiger partial charge in [0.2, 0.25) is 11.8 Å². The van der Waals surface area contributed by atoms with Gasteiger partial charge in [-0.3, -0.25) is 9.59 Å². The summed E-state index contributed by atoms with van der Waals surface area (Å²) >= 11 is 0. The highest BCUT2D eigenvalue weighted by atomic mass is 19.4. The molecule has 15 heteroatoms. The molecule has 0 radical (unpaired) electrons. The van der Waals surface area contributed by atoms with E-state index in [9.17, 15) is 22.8 Å². The number of amides is 2. The molecule has 2 aliphatic rings. The molecule has 2 aliphatic heterocycles. The predicted octanol–water partition coefficient (Wildman–Crippen LogP) is 4.13. The van der Waals surface area contributed by atoms with E-state index in [4.69, 9.17) is 14.2 Å². The van der Waals surface area contributed by atoms with Crippen LogP contribution in [0.1, 0.15) is 39.1 Å². The van der Waals surface area contributed by atoms with Gasteiger partial charge in [-0.2, -0.15) is 18.2 Å². The molecule has 1 aromatic heterocycles. The minimum atomic E-state index is -4.90. The molecule has 2 aromatic carbocycles. The number of methoxy groups -OCH3 is 1. The number of nitrogens with one attached hydrogen (secondary N) is 3. The highest BCUT2D eigenvalue weighted by molar-refractivity contribution is 5.97. The lowest BCUT2D eigenvalue weighted by Crippen LogP contribution is -2.38. The number of rotatable bonds is 8. The maximum Gasteiger partial charge on any atom is 0.423 e. The maximum atomic E-state index is 15.2. The minimum absolute atomic E-state index is 0.00374. The second kappa shape index (κ2) is 12.2. The molecule has 44 heavy (non-hydrogen) atoms. The average Bonchev–Trinajstić information content (AvgIpc) is 3.55. The molecule has 2 fully saturated rings. The van der Waals surface area contributed by atoms with E-state index in [0.717, 1.165) is 25.6 Å². The molecule has 2 saturated heterocycles. The van der Waals surface area contributed by atoms with Crippen molar-refractivity contribution in [3.05, 3.63) is 65.1 Å². The molecule has 5 rings (SSSR count). The molecule has 0 bridgehead atoms. The minimum Gasteiger partial charge on any atom is -0.495 e. The zero-order chi connectivity index (χ0) is 31.6. The molecule has 2 unspecified atom stereocenters. The summed E-state index contributed by atoms with van der Waals surface area (Å²) in [4.78, 5) is 34.9. The van der Waals surface area contributed by atoms with E-state index in [1.54, 1.807) is 0 Å². The highest BCUT2D eigenvalue weighted by Crippen LogP contribution is 2.39. The fourth-order valence-electron chi connectivity index (χ4n) is 5.32. The number of carbonyl (C=O) groups is 2. The number of aromatic nitrogens is 2. The topological polar surface area (TPSA) is 127 Å². The van der Waals surface area contributed by atoms with Crippen molar-refractivity contribution < 1.29 is 41.4 Å². The number of nitrogens with zero attached hydrogens (tertiary/aromatic N) is 3. The van der Waals surface area contributed by atoms with Crippen molar-refractivity contribution in [3.8, 4) is 17.4 Å². The Bertz CT molecular complexity index is 1570. The van der Waals surface area contributed by atoms with Crippen LogP contribution in [0.5, 0.6) is 17.4 Å². The van der Waals surface area contributed by atoms with Crippen molar-refractivity contribution in [2.24, 2.45) is 0 Å². The Morgan fingerprint density at radius 1 is 1.14 bits per heavy atom. The molecule has 3 heterocycles. The van der Waals surface area contributed by atoms with Gasteiger partial charge < -0.3 is 35.1 Å². The van der Waals surface area contributed by atoms with Gasteiger partial charge in [-0.05, 0) is 31.7 Å². The summed E-state index contributed by atoms with van der Waals surface area (Å²) in [5, 5.41) is 7.83. The van der Waals surface area contributed by atoms with Crippen molar-refractivity contribution >= 4 is 23.5 Å². The van der Waals surface area contributed by atoms with Crippen LogP contribution in [0.2, 0.25) is 0 Å². The lowest BCUT2D eigenvalue weighted by molar-refractivity contribution is -0.139. The van der Waals surface area contributed by atoms with E-state index in [1.165, 1.54) is 44.5 Å². The number of hydrogen-bond donors (Lipinski definition) is 3. The lowest BCUT2D eigenvalue weighted by Gasteiger charge is -2.22. The Morgan fingerprint density at radius 2 is 1.91 bits per heavy atom. The number of ether oxygens (including phenoxy) is 3. The summed E-state index contributed by atoms with van der Waals surface area (Å²) < 4.78 is 73.4. The first-order chi connectivity index (χ1) is 20.9. The summed E-state index contributed by atoms with van der Waals surface area (Å²) in [7, 11) is 4.64. The fraction of sp³-hybridized carbons (Fsp3) is 0.379. The van der Waals surface area contributed by atoms with Gasteiger partial charge in [0.05, 0.1) is 42.2 Å². The number of benzene rings is 2. The van der Waals surface area contributed by atoms with Crippen LogP contribution >= 0.6 is 0 Å². The Hall–Kier alpha value is -4.50. The standard InChI is InChI=1S/C29H30F4N6O5/c1-34-24(40)17-6-4-5-7-22(17)44-26-19(29(31,32)33)13-35-27(38-26)37-21-11-20(30)18(10-23(21)42-3)25(41)36-16-12-28(43-14-16)8-9-39(2)15-28/h4-7,10-11,13,16H,8-9,12,14-15H2,1-3H3,(H,34,40)(H,36,41)(H,35,37,38). The van der Waals surface area contributed by atoms with Crippen molar-refractivity contribution in [1.82, 2.24) is 25.5 Å². The van der Waals surface area contributed by atoms with Gasteiger partial charge in [0, 0.05) is 38.8 Å². The molecule has 0 aliphatic carbocycles. The van der Waals surface area contributed by atoms with Gasteiger partial charge in [0.1, 0.15) is 22.9 Å². The first-order valence-corrected chi connectivity index (χ1v) is 13.6. The van der Waals surface area contributed by atoms with Crippen LogP contribution in [0, 0.1) is 5.82 Å². The number of carbonyl (C=O) groups excluding carboxylic acids is 2. The third-order valence-electron chi connectivity index (χ3n) is 7.46. The molecule has 3 N–H and O–H groups in total. The van der Waals surface area contributed by atoms with Gasteiger partial charge in [0.25, 0.3) is 11.8 Å². The third kappa shape index (κ3) is 6.53. The Balaban J connectivity index is 1.38. The van der Waals surface area contributed by atoms with Crippen LogP contribution in [-0.2, 0) is 10.9 Å². The largest absolute Gasteiger partial charge is 0.495 e. The Morgan fingerprint density at radius 3 is 2.59 bits per heavy atom. The van der Waals surface area contributed by atoms with E-state index in [0.29, 0.717) is 19.2 Å². The highest BCUT2D eigenvalue weighted by Gasteiger charge is 2.45. The van der Waals surface area contributed by atoms with Gasteiger partial charge in [-0.25, -0.2) is 9.37 Å². The van der Waals surface area contributed by atoms with E-state index < -0.39 is 41.2 Å². The first kappa shape index (κ1) is 30.9. The number of anilines is 2. The number of para-hydroxylation sites is 1. The molecule has 2 atom stereocenters. The van der Waals surface area contributed by atoms with E-state index in [2.05, 4.69) is 30.8 Å². The predicted molar refractivity (Wildman–Crippen MR) is 150 cm³/mol. The number of halogens is 4. The van der Waals surface area contributed by atoms with E-state index >= 15 is 4.39 Å². The second-order valence-corrected chi connectivity index (χ2v) is 10.6. The quantitative estimate of drug-likeness (QED) is 0.320. The summed E-state index contributed by atoms with van der Waals surface area (Å²) in [6.45, 7) is 1.95. The summed E-state index contributed by atoms with van der Waals surface area (Å²) in [6, 6.07) is 7.50. The molecule has 234 valence electrons. The van der Waals surface area contributed by atoms with Crippen LogP contribution in [0.4, 0.5) is 29.2 Å². The average molecular weight is 619 g/mol. The normalized spacial score (nSPS) is 20.0. The maximum absolute atomic E-state index is 15.2. The van der Waals surface area contributed by atoms with Gasteiger partial charge >= 0.3 is 6.18 Å². The lowest BCUT2D eigenvalue weighted by atomic mass is 9.97. The first-order valence-electron chi connectivity index (χ1n) is 13.6. The van der Waals surface area contributed by atoms with Crippen molar-refractivity contribution in [1.29, 1.82) is 0 Å². The number of likely N-dealkylation sites (N-methyl/N-ethyl adjacent to an activating group) is 1. The molecule has 2 amide bonds. The summed E-state index contributed by atoms with van der Waals surface area (Å²) in [5.74, 6) is -3.63. The van der Waals surface area contributed by atoms with Gasteiger partial charge in [-0.1, -0.05) is 12.1 Å². The fourth-order valence-corrected chi connectivity index (χ4v) is 5.32. The SMILES string of the molecule is CNC(=O)c1ccccc1Oc1nc(Nc2cc(F)c(C(=O)NC3COC4(CCN(C)C4)C3)cc2OC)ncc1C(F)(F)F. The molecular formula is C29H30F4N6O5. The Kier molecular flexibility index (Phi) is 8.61. The number of likely N-dealkylation sites (tertiary alicyclic amines) is 1. The Labute approximate surface area is 249 Å². The van der Waals surface area contributed by atoms with Crippen LogP contribution in [0.3, 0.4) is 0 Å². The smallest absolute Gasteiger partial charge is 0.423 e. The number of alkyl halides is 3. The molecule has 0 saturated carbocycles. The molecular weight excluding hydrogens is 588 g/mol. The van der Waals surface area contributed by atoms with Gasteiger partial charge in [-0.15, -0.1) is 0 Å². The number of hydrogen-bond acceptors (Lipinski definition) is 9. The summed E-state index contributed by atoms with van der Waals surface area (Å²) in [6.07, 6.45) is -2.95. The molecule has 1 spiro atoms. The third-order valence-corrected chi connectivity index (χ3v) is 7.46. The van der Waals surface area contributed by atoms with Crippen molar-refractivity contribution in [2.75, 3.05) is 46.2 Å². The van der Waals surface area contributed by atoms with Crippen LogP contribution in [-0.4, -0.2) is 79.2 Å². The molecule has 11 nitrogen and oxygen atoms in total. The van der Waals surface area contributed by atoms with Crippen LogP contribution in [0.25, 0.3) is 0 Å². The van der Waals surface area contributed by atoms with E-state index in [1.807, 2.05) is 7.05 Å². The molecule has 3 aromatic rings. The van der Waals surface area contributed by atoms with E-state index in [-0.39, 0.29) is 40.0 Å². The van der Waals surface area contributed by atoms with Crippen molar-refractivity contribution in [2.45, 2.75) is 30.7 Å².